The Balaban J connectivity index is 6.13. The summed E-state index contributed by atoms with van der Waals surface area (Å²) >= 11 is 0. The van der Waals surface area contributed by atoms with Crippen molar-refractivity contribution in [2.24, 2.45) is 0 Å². The molecule has 0 saturated heterocycles. The highest BCUT2D eigenvalue weighted by Gasteiger charge is 2.43. The second-order valence-electron chi connectivity index (χ2n) is 10.7. The van der Waals surface area contributed by atoms with Crippen molar-refractivity contribution in [2.45, 2.75) is 140 Å². The first-order valence-corrected chi connectivity index (χ1v) is 18.7. The van der Waals surface area contributed by atoms with E-state index in [1.165, 1.54) is 8.61 Å². The molecule has 0 bridgehead atoms. The number of hydrogen-bond acceptors (Lipinski definition) is 8. The molecule has 0 spiro atoms. The Hall–Kier alpha value is -2.22. The fraction of sp³-hybridized carbons (Fsp3) is 0.867. The van der Waals surface area contributed by atoms with Crippen molar-refractivity contribution >= 4 is 20.0 Å². The maximum absolute atomic E-state index is 14.2. The zero-order chi connectivity index (χ0) is 31.5. The highest BCUT2D eigenvalue weighted by atomic mass is 32.3. The average molecular weight is 625 g/mol. The van der Waals surface area contributed by atoms with E-state index in [0.717, 1.165) is 12.8 Å². The molecule has 12 heteroatoms. The standard InChI is InChI=1S/C30H52N6O4S2/c1-2-3-12-21-30(41(37,38)35(26-17-8-4-13-22-31)27-18-9-5-14-23-32)42(39,40)36(28-19-10-6-15-24-33)29-20-11-7-16-25-34/h30H,2-21,26-29H2,1H3. The molecule has 0 heterocycles. The van der Waals surface area contributed by atoms with Crippen LogP contribution < -0.4 is 0 Å². The Morgan fingerprint density at radius 2 is 0.786 bits per heavy atom. The normalized spacial score (nSPS) is 11.8. The summed E-state index contributed by atoms with van der Waals surface area (Å²) in [4.78, 5) is 0. The molecule has 0 aliphatic heterocycles. The van der Waals surface area contributed by atoms with Crippen LogP contribution in [-0.4, -0.2) is 56.2 Å². The van der Waals surface area contributed by atoms with Gasteiger partial charge in [0.15, 0.2) is 4.58 Å². The molecular formula is C30H52N6O4S2. The van der Waals surface area contributed by atoms with E-state index in [2.05, 4.69) is 24.3 Å². The Bertz CT molecular complexity index is 955. The molecule has 0 aliphatic carbocycles. The number of nitrogens with zero attached hydrogens (tertiary/aromatic N) is 6. The fourth-order valence-corrected chi connectivity index (χ4v) is 9.84. The summed E-state index contributed by atoms with van der Waals surface area (Å²) in [5, 5.41) is 35.3. The first kappa shape index (κ1) is 39.8. The third-order valence-electron chi connectivity index (χ3n) is 7.21. The van der Waals surface area contributed by atoms with Crippen LogP contribution in [0.2, 0.25) is 0 Å². The molecule has 0 amide bonds. The van der Waals surface area contributed by atoms with Crippen LogP contribution in [0.3, 0.4) is 0 Å². The first-order valence-electron chi connectivity index (χ1n) is 15.7. The SMILES string of the molecule is CCCCCC(S(=O)(=O)N(CCCCCC#N)CCCCCC#N)S(=O)(=O)N(CCCCCC#N)CCCCCC#N. The van der Waals surface area contributed by atoms with E-state index in [0.29, 0.717) is 109 Å². The van der Waals surface area contributed by atoms with Gasteiger partial charge in [0.2, 0.25) is 20.0 Å². The van der Waals surface area contributed by atoms with Crippen LogP contribution in [0.15, 0.2) is 0 Å². The maximum atomic E-state index is 14.2. The molecule has 0 aromatic carbocycles. The van der Waals surface area contributed by atoms with Crippen molar-refractivity contribution in [3.8, 4) is 24.3 Å². The molecule has 0 fully saturated rings. The van der Waals surface area contributed by atoms with Gasteiger partial charge in [-0.2, -0.15) is 21.0 Å². The second kappa shape index (κ2) is 25.3. The minimum absolute atomic E-state index is 0.0250. The van der Waals surface area contributed by atoms with Crippen LogP contribution >= 0.6 is 0 Å². The maximum Gasteiger partial charge on any atom is 0.232 e. The second-order valence-corrected chi connectivity index (χ2v) is 15.2. The van der Waals surface area contributed by atoms with E-state index in [1.54, 1.807) is 0 Å². The third kappa shape index (κ3) is 17.0. The summed E-state index contributed by atoms with van der Waals surface area (Å²) in [6, 6.07) is 8.40. The molecule has 0 radical (unpaired) electrons. The van der Waals surface area contributed by atoms with Gasteiger partial charge in [-0.1, -0.05) is 51.9 Å². The third-order valence-corrected chi connectivity index (χ3v) is 12.6. The highest BCUT2D eigenvalue weighted by molar-refractivity contribution is 8.07. The Morgan fingerprint density at radius 1 is 0.476 bits per heavy atom. The van der Waals surface area contributed by atoms with Crippen molar-refractivity contribution in [1.82, 2.24) is 8.61 Å². The van der Waals surface area contributed by atoms with E-state index in [9.17, 15) is 16.8 Å². The van der Waals surface area contributed by atoms with E-state index in [4.69, 9.17) is 21.0 Å². The van der Waals surface area contributed by atoms with E-state index in [-0.39, 0.29) is 32.6 Å². The van der Waals surface area contributed by atoms with Gasteiger partial charge in [-0.25, -0.2) is 25.4 Å². The van der Waals surface area contributed by atoms with Gasteiger partial charge in [0.05, 0.1) is 24.3 Å². The average Bonchev–Trinajstić information content (AvgIpc) is 2.96. The Labute approximate surface area is 256 Å². The Morgan fingerprint density at radius 3 is 1.05 bits per heavy atom. The first-order chi connectivity index (χ1) is 20.2. The lowest BCUT2D eigenvalue weighted by atomic mass is 10.2. The van der Waals surface area contributed by atoms with E-state index < -0.39 is 24.6 Å². The minimum atomic E-state index is -4.22. The number of unbranched alkanes of at least 4 members (excludes halogenated alkanes) is 14. The van der Waals surface area contributed by atoms with Gasteiger partial charge in [-0.15, -0.1) is 0 Å². The van der Waals surface area contributed by atoms with Gasteiger partial charge >= 0.3 is 0 Å². The zero-order valence-corrected chi connectivity index (χ0v) is 27.3. The predicted molar refractivity (Wildman–Crippen MR) is 165 cm³/mol. The highest BCUT2D eigenvalue weighted by Crippen LogP contribution is 2.26. The smallest absolute Gasteiger partial charge is 0.211 e. The van der Waals surface area contributed by atoms with Crippen molar-refractivity contribution in [2.75, 3.05) is 26.2 Å². The summed E-state index contributed by atoms with van der Waals surface area (Å²) in [5.41, 5.74) is 0. The lowest BCUT2D eigenvalue weighted by Crippen LogP contribution is -2.49. The number of sulfonamides is 2. The molecule has 0 aromatic heterocycles. The van der Waals surface area contributed by atoms with Crippen LogP contribution in [-0.2, 0) is 20.0 Å². The molecule has 0 N–H and O–H groups in total. The minimum Gasteiger partial charge on any atom is -0.211 e. The van der Waals surface area contributed by atoms with Crippen molar-refractivity contribution in [3.05, 3.63) is 0 Å². The van der Waals surface area contributed by atoms with Crippen molar-refractivity contribution in [1.29, 1.82) is 21.0 Å². The van der Waals surface area contributed by atoms with Gasteiger partial charge < -0.3 is 0 Å². The summed E-state index contributed by atoms with van der Waals surface area (Å²) in [6.07, 6.45) is 11.2. The summed E-state index contributed by atoms with van der Waals surface area (Å²) in [6.45, 7) is 2.80. The summed E-state index contributed by atoms with van der Waals surface area (Å²) < 4.78 is 57.9. The fourth-order valence-electron chi connectivity index (χ4n) is 4.75. The van der Waals surface area contributed by atoms with Crippen LogP contribution in [0.4, 0.5) is 0 Å². The van der Waals surface area contributed by atoms with Crippen molar-refractivity contribution in [3.63, 3.8) is 0 Å². The van der Waals surface area contributed by atoms with Gasteiger partial charge in [-0.05, 0) is 57.8 Å². The number of hydrogen-bond donors (Lipinski definition) is 0. The van der Waals surface area contributed by atoms with Gasteiger partial charge in [0, 0.05) is 51.9 Å². The zero-order valence-electron chi connectivity index (χ0n) is 25.7. The van der Waals surface area contributed by atoms with Gasteiger partial charge in [0.1, 0.15) is 0 Å². The topological polar surface area (TPSA) is 170 Å². The molecule has 0 atom stereocenters. The molecule has 10 nitrogen and oxygen atoms in total. The van der Waals surface area contributed by atoms with Crippen molar-refractivity contribution < 1.29 is 16.8 Å². The van der Waals surface area contributed by atoms with E-state index in [1.807, 2.05) is 6.92 Å². The van der Waals surface area contributed by atoms with Crippen LogP contribution in [0.5, 0.6) is 0 Å². The lowest BCUT2D eigenvalue weighted by Gasteiger charge is -2.32. The van der Waals surface area contributed by atoms with Crippen LogP contribution in [0.25, 0.3) is 0 Å². The van der Waals surface area contributed by atoms with Gasteiger partial charge in [0.25, 0.3) is 0 Å². The molecule has 238 valence electrons. The molecular weight excluding hydrogens is 573 g/mol. The largest absolute Gasteiger partial charge is 0.232 e. The molecule has 42 heavy (non-hydrogen) atoms. The lowest BCUT2D eigenvalue weighted by molar-refractivity contribution is 0.370. The molecule has 0 unspecified atom stereocenters. The molecule has 0 rings (SSSR count). The Kier molecular flexibility index (Phi) is 24.0. The molecule has 0 aromatic rings. The predicted octanol–water partition coefficient (Wildman–Crippen LogP) is 6.49. The number of rotatable bonds is 28. The number of nitriles is 4. The quantitative estimate of drug-likeness (QED) is 0.0889. The van der Waals surface area contributed by atoms with Crippen LogP contribution in [0.1, 0.15) is 135 Å². The molecule has 0 saturated carbocycles. The van der Waals surface area contributed by atoms with E-state index >= 15 is 0 Å². The summed E-state index contributed by atoms with van der Waals surface area (Å²) in [7, 11) is -8.45. The van der Waals surface area contributed by atoms with Crippen LogP contribution in [0, 0.1) is 45.3 Å². The summed E-state index contributed by atoms with van der Waals surface area (Å²) in [5.74, 6) is 0. The monoisotopic (exact) mass is 624 g/mol. The van der Waals surface area contributed by atoms with Gasteiger partial charge in [-0.3, -0.25) is 0 Å². The molecule has 0 aliphatic rings.